The smallest absolute Gasteiger partial charge is 0.145 e. The van der Waals surface area contributed by atoms with Crippen LogP contribution in [0.4, 0.5) is 10.2 Å². The molecule has 1 atom stereocenters. The van der Waals surface area contributed by atoms with Crippen molar-refractivity contribution in [2.75, 3.05) is 5.32 Å². The first-order valence-corrected chi connectivity index (χ1v) is 5.94. The molecule has 0 aliphatic carbocycles. The van der Waals surface area contributed by atoms with Crippen LogP contribution >= 0.6 is 11.6 Å². The molecule has 1 aromatic heterocycles. The molecule has 18 heavy (non-hydrogen) atoms. The Morgan fingerprint density at radius 1 is 1.33 bits per heavy atom. The van der Waals surface area contributed by atoms with Crippen LogP contribution in [0.2, 0.25) is 5.02 Å². The summed E-state index contributed by atoms with van der Waals surface area (Å²) in [5.74, 6) is 0.269. The maximum Gasteiger partial charge on any atom is 0.145 e. The third kappa shape index (κ3) is 2.96. The van der Waals surface area contributed by atoms with Crippen LogP contribution in [0.1, 0.15) is 24.2 Å². The highest BCUT2D eigenvalue weighted by Gasteiger charge is 2.09. The van der Waals surface area contributed by atoms with Gasteiger partial charge < -0.3 is 5.32 Å². The summed E-state index contributed by atoms with van der Waals surface area (Å²) >= 11 is 5.76. The lowest BCUT2D eigenvalue weighted by Crippen LogP contribution is -2.08. The number of nitrogens with one attached hydrogen (secondary N) is 1. The molecule has 1 unspecified atom stereocenters. The van der Waals surface area contributed by atoms with Crippen molar-refractivity contribution in [3.05, 3.63) is 52.7 Å². The standard InChI is InChI=1S/C13H13ClFN3/c1-8-6-16-7-13(17-8)18-9(2)10-3-4-12(15)11(14)5-10/h3-7,9H,1-2H3,(H,17,18). The summed E-state index contributed by atoms with van der Waals surface area (Å²) in [4.78, 5) is 8.35. The third-order valence-corrected chi connectivity index (χ3v) is 2.85. The van der Waals surface area contributed by atoms with E-state index in [4.69, 9.17) is 11.6 Å². The van der Waals surface area contributed by atoms with Crippen molar-refractivity contribution in [2.45, 2.75) is 19.9 Å². The van der Waals surface area contributed by atoms with Crippen molar-refractivity contribution >= 4 is 17.4 Å². The molecule has 0 bridgehead atoms. The van der Waals surface area contributed by atoms with Gasteiger partial charge in [0.2, 0.25) is 0 Å². The quantitative estimate of drug-likeness (QED) is 0.918. The van der Waals surface area contributed by atoms with Crippen molar-refractivity contribution in [2.24, 2.45) is 0 Å². The van der Waals surface area contributed by atoms with Crippen molar-refractivity contribution < 1.29 is 4.39 Å². The second-order valence-corrected chi connectivity index (χ2v) is 4.49. The predicted octanol–water partition coefficient (Wildman–Crippen LogP) is 3.75. The van der Waals surface area contributed by atoms with E-state index in [9.17, 15) is 4.39 Å². The molecule has 0 radical (unpaired) electrons. The van der Waals surface area contributed by atoms with E-state index < -0.39 is 5.82 Å². The van der Waals surface area contributed by atoms with Crippen molar-refractivity contribution in [1.82, 2.24) is 9.97 Å². The van der Waals surface area contributed by atoms with Crippen LogP contribution in [0.15, 0.2) is 30.6 Å². The number of rotatable bonds is 3. The molecule has 0 fully saturated rings. The van der Waals surface area contributed by atoms with Gasteiger partial charge in [-0.15, -0.1) is 0 Å². The normalized spacial score (nSPS) is 12.2. The van der Waals surface area contributed by atoms with Crippen molar-refractivity contribution in [3.8, 4) is 0 Å². The topological polar surface area (TPSA) is 37.8 Å². The second-order valence-electron chi connectivity index (χ2n) is 4.09. The molecule has 1 aromatic carbocycles. The lowest BCUT2D eigenvalue weighted by atomic mass is 10.1. The van der Waals surface area contributed by atoms with Gasteiger partial charge in [0.15, 0.2) is 0 Å². The van der Waals surface area contributed by atoms with Gasteiger partial charge in [0.25, 0.3) is 0 Å². The van der Waals surface area contributed by atoms with E-state index in [1.807, 2.05) is 13.8 Å². The van der Waals surface area contributed by atoms with E-state index >= 15 is 0 Å². The second kappa shape index (κ2) is 5.31. The monoisotopic (exact) mass is 265 g/mol. The maximum absolute atomic E-state index is 13.1. The summed E-state index contributed by atoms with van der Waals surface area (Å²) in [7, 11) is 0. The van der Waals surface area contributed by atoms with Crippen LogP contribution in [0.3, 0.4) is 0 Å². The number of aromatic nitrogens is 2. The van der Waals surface area contributed by atoms with Crippen molar-refractivity contribution in [3.63, 3.8) is 0 Å². The first-order chi connectivity index (χ1) is 8.56. The van der Waals surface area contributed by atoms with Crippen LogP contribution in [-0.2, 0) is 0 Å². The third-order valence-electron chi connectivity index (χ3n) is 2.56. The first-order valence-electron chi connectivity index (χ1n) is 5.56. The fourth-order valence-corrected chi connectivity index (χ4v) is 1.81. The molecule has 0 amide bonds. The Morgan fingerprint density at radius 3 is 2.78 bits per heavy atom. The van der Waals surface area contributed by atoms with Gasteiger partial charge in [-0.05, 0) is 31.5 Å². The van der Waals surface area contributed by atoms with Crippen molar-refractivity contribution in [1.29, 1.82) is 0 Å². The Bertz CT molecular complexity index is 560. The van der Waals surface area contributed by atoms with E-state index in [2.05, 4.69) is 15.3 Å². The molecule has 94 valence electrons. The Balaban J connectivity index is 2.16. The number of aryl methyl sites for hydroxylation is 1. The maximum atomic E-state index is 13.1. The van der Waals surface area contributed by atoms with Crippen LogP contribution in [0.5, 0.6) is 0 Å². The zero-order chi connectivity index (χ0) is 13.1. The number of hydrogen-bond donors (Lipinski definition) is 1. The summed E-state index contributed by atoms with van der Waals surface area (Å²) < 4.78 is 13.1. The van der Waals surface area contributed by atoms with E-state index in [0.29, 0.717) is 5.82 Å². The highest BCUT2D eigenvalue weighted by Crippen LogP contribution is 2.22. The van der Waals surface area contributed by atoms with Gasteiger partial charge in [-0.1, -0.05) is 17.7 Å². The summed E-state index contributed by atoms with van der Waals surface area (Å²) in [5.41, 5.74) is 1.73. The average molecular weight is 266 g/mol. The molecule has 5 heteroatoms. The van der Waals surface area contributed by atoms with Gasteiger partial charge in [0.05, 0.1) is 23.0 Å². The molecule has 3 nitrogen and oxygen atoms in total. The number of anilines is 1. The van der Waals surface area contributed by atoms with Gasteiger partial charge in [0, 0.05) is 6.20 Å². The van der Waals surface area contributed by atoms with E-state index in [0.717, 1.165) is 11.3 Å². The Labute approximate surface area is 110 Å². The number of nitrogens with zero attached hydrogens (tertiary/aromatic N) is 2. The minimum atomic E-state index is -0.414. The summed E-state index contributed by atoms with van der Waals surface area (Å²) in [5, 5.41) is 3.31. The predicted molar refractivity (Wildman–Crippen MR) is 70.2 cm³/mol. The van der Waals surface area contributed by atoms with Crippen LogP contribution in [0.25, 0.3) is 0 Å². The molecule has 0 saturated carbocycles. The lowest BCUT2D eigenvalue weighted by Gasteiger charge is -2.15. The molecule has 2 rings (SSSR count). The number of hydrogen-bond acceptors (Lipinski definition) is 3. The van der Waals surface area contributed by atoms with E-state index in [1.165, 1.54) is 6.07 Å². The SMILES string of the molecule is Cc1cncc(NC(C)c2ccc(F)c(Cl)c2)n1. The lowest BCUT2D eigenvalue weighted by molar-refractivity contribution is 0.627. The molecule has 0 aliphatic heterocycles. The van der Waals surface area contributed by atoms with Gasteiger partial charge in [-0.25, -0.2) is 9.37 Å². The molecular weight excluding hydrogens is 253 g/mol. The van der Waals surface area contributed by atoms with Crippen LogP contribution in [0, 0.1) is 12.7 Å². The van der Waals surface area contributed by atoms with Gasteiger partial charge in [-0.3, -0.25) is 4.98 Å². The molecule has 0 saturated heterocycles. The van der Waals surface area contributed by atoms with Gasteiger partial charge in [0.1, 0.15) is 11.6 Å². The number of halogens is 2. The molecule has 0 aliphatic rings. The van der Waals surface area contributed by atoms with Gasteiger partial charge >= 0.3 is 0 Å². The van der Waals surface area contributed by atoms with Crippen LogP contribution < -0.4 is 5.32 Å². The Hall–Kier alpha value is -1.68. The summed E-state index contributed by atoms with van der Waals surface area (Å²) in [6, 6.07) is 4.64. The fourth-order valence-electron chi connectivity index (χ4n) is 1.62. The molecule has 1 heterocycles. The zero-order valence-electron chi connectivity index (χ0n) is 10.1. The Kier molecular flexibility index (Phi) is 3.77. The highest BCUT2D eigenvalue weighted by atomic mass is 35.5. The first kappa shape index (κ1) is 12.8. The summed E-state index contributed by atoms with van der Waals surface area (Å²) in [6.45, 7) is 3.82. The van der Waals surface area contributed by atoms with E-state index in [-0.39, 0.29) is 11.1 Å². The number of benzene rings is 1. The van der Waals surface area contributed by atoms with E-state index in [1.54, 1.807) is 24.5 Å². The molecule has 1 N–H and O–H groups in total. The molecule has 2 aromatic rings. The Morgan fingerprint density at radius 2 is 2.11 bits per heavy atom. The highest BCUT2D eigenvalue weighted by molar-refractivity contribution is 6.30. The van der Waals surface area contributed by atoms with Crippen LogP contribution in [-0.4, -0.2) is 9.97 Å². The summed E-state index contributed by atoms with van der Waals surface area (Å²) in [6.07, 6.45) is 3.33. The molecule has 0 spiro atoms. The van der Waals surface area contributed by atoms with Gasteiger partial charge in [-0.2, -0.15) is 0 Å². The largest absolute Gasteiger partial charge is 0.362 e. The fraction of sp³-hybridized carbons (Fsp3) is 0.231. The minimum absolute atomic E-state index is 0.0285. The average Bonchev–Trinajstić information content (AvgIpc) is 2.32. The minimum Gasteiger partial charge on any atom is -0.362 e. The molecular formula is C13H13ClFN3. The zero-order valence-corrected chi connectivity index (χ0v) is 10.9.